The molecule has 0 amide bonds. The predicted octanol–water partition coefficient (Wildman–Crippen LogP) is 5.70. The minimum atomic E-state index is -0.422. The van der Waals surface area contributed by atoms with Gasteiger partial charge in [-0.15, -0.1) is 0 Å². The second-order valence-corrected chi connectivity index (χ2v) is 8.24. The van der Waals surface area contributed by atoms with Crippen LogP contribution in [-0.4, -0.2) is 23.0 Å². The number of carbonyl (C=O) groups excluding carboxylic acids is 1. The molecular weight excluding hydrogens is 416 g/mol. The molecule has 0 saturated carbocycles. The number of benzene rings is 2. The molecule has 1 aliphatic rings. The number of pyridine rings is 1. The van der Waals surface area contributed by atoms with Crippen molar-refractivity contribution in [3.05, 3.63) is 76.6 Å². The lowest BCUT2D eigenvalue weighted by Gasteiger charge is -2.20. The number of oxazole rings is 1. The zero-order chi connectivity index (χ0) is 22.8. The van der Waals surface area contributed by atoms with Crippen LogP contribution in [0.5, 0.6) is 5.75 Å². The Morgan fingerprint density at radius 2 is 1.91 bits per heavy atom. The van der Waals surface area contributed by atoms with Gasteiger partial charge >= 0.3 is 5.97 Å². The lowest BCUT2D eigenvalue weighted by Crippen LogP contribution is -2.10. The Balaban J connectivity index is 1.41. The first-order chi connectivity index (χ1) is 16.2. The lowest BCUT2D eigenvalue weighted by atomic mass is 9.94. The number of aromatic nitrogens is 2. The second kappa shape index (κ2) is 9.06. The van der Waals surface area contributed by atoms with Gasteiger partial charge in [0.15, 0.2) is 5.58 Å². The van der Waals surface area contributed by atoms with Crippen molar-refractivity contribution in [1.82, 2.24) is 9.97 Å². The molecule has 33 heavy (non-hydrogen) atoms. The van der Waals surface area contributed by atoms with Gasteiger partial charge in [-0.1, -0.05) is 25.1 Å². The number of rotatable bonds is 6. The Labute approximate surface area is 192 Å². The number of nitrogens with zero attached hydrogens (tertiary/aromatic N) is 2. The molecule has 6 nitrogen and oxygen atoms in total. The number of hydrogen-bond acceptors (Lipinski definition) is 6. The minimum absolute atomic E-state index is 0.389. The van der Waals surface area contributed by atoms with Crippen LogP contribution in [-0.2, 0) is 30.6 Å². The van der Waals surface area contributed by atoms with E-state index < -0.39 is 5.97 Å². The summed E-state index contributed by atoms with van der Waals surface area (Å²) in [5.74, 6) is 0.915. The first kappa shape index (κ1) is 21.2. The molecule has 0 N–H and O–H groups in total. The highest BCUT2D eigenvalue weighted by Crippen LogP contribution is 2.31. The molecule has 0 unspecified atom stereocenters. The summed E-state index contributed by atoms with van der Waals surface area (Å²) in [7, 11) is 1.36. The van der Waals surface area contributed by atoms with Crippen LogP contribution in [0.25, 0.3) is 22.6 Å². The predicted molar refractivity (Wildman–Crippen MR) is 125 cm³/mol. The Morgan fingerprint density at radius 1 is 1.06 bits per heavy atom. The zero-order valence-electron chi connectivity index (χ0n) is 18.9. The monoisotopic (exact) mass is 442 g/mol. The van der Waals surface area contributed by atoms with Crippen molar-refractivity contribution >= 4 is 17.1 Å². The van der Waals surface area contributed by atoms with Crippen LogP contribution in [0.3, 0.4) is 0 Å². The lowest BCUT2D eigenvalue weighted by molar-refractivity contribution is 0.0601. The summed E-state index contributed by atoms with van der Waals surface area (Å²) < 4.78 is 17.1. The van der Waals surface area contributed by atoms with Gasteiger partial charge in [0.05, 0.1) is 18.2 Å². The molecule has 0 saturated heterocycles. The van der Waals surface area contributed by atoms with Gasteiger partial charge in [0.1, 0.15) is 17.9 Å². The molecule has 0 spiro atoms. The van der Waals surface area contributed by atoms with Gasteiger partial charge < -0.3 is 13.9 Å². The molecule has 6 heteroatoms. The fourth-order valence-electron chi connectivity index (χ4n) is 4.33. The van der Waals surface area contributed by atoms with Gasteiger partial charge in [-0.05, 0) is 61.9 Å². The molecular formula is C27H26N2O4. The molecule has 0 atom stereocenters. The van der Waals surface area contributed by atoms with E-state index in [2.05, 4.69) is 18.0 Å². The summed E-state index contributed by atoms with van der Waals surface area (Å²) >= 11 is 0. The second-order valence-electron chi connectivity index (χ2n) is 8.24. The highest BCUT2D eigenvalue weighted by atomic mass is 16.5. The van der Waals surface area contributed by atoms with Crippen molar-refractivity contribution in [2.24, 2.45) is 0 Å². The summed E-state index contributed by atoms with van der Waals surface area (Å²) in [6.07, 6.45) is 5.31. The van der Waals surface area contributed by atoms with Crippen LogP contribution in [0.2, 0.25) is 0 Å². The van der Waals surface area contributed by atoms with E-state index in [4.69, 9.17) is 18.9 Å². The number of fused-ring (bicyclic) bond motifs is 2. The van der Waals surface area contributed by atoms with Crippen molar-refractivity contribution < 1.29 is 18.7 Å². The van der Waals surface area contributed by atoms with E-state index in [1.807, 2.05) is 24.3 Å². The maximum atomic E-state index is 12.1. The molecule has 0 aliphatic heterocycles. The van der Waals surface area contributed by atoms with E-state index >= 15 is 0 Å². The number of carbonyl (C=O) groups is 1. The van der Waals surface area contributed by atoms with Crippen LogP contribution in [0.4, 0.5) is 0 Å². The maximum Gasteiger partial charge on any atom is 0.338 e. The molecule has 2 aromatic carbocycles. The van der Waals surface area contributed by atoms with Crippen molar-refractivity contribution in [2.45, 2.75) is 45.6 Å². The minimum Gasteiger partial charge on any atom is -0.488 e. The fraction of sp³-hybridized carbons (Fsp3) is 0.296. The Bertz CT molecular complexity index is 1330. The number of aryl methyl sites for hydroxylation is 2. The molecule has 1 aliphatic carbocycles. The molecule has 2 aromatic heterocycles. The smallest absolute Gasteiger partial charge is 0.338 e. The quantitative estimate of drug-likeness (QED) is 0.357. The van der Waals surface area contributed by atoms with E-state index in [9.17, 15) is 4.79 Å². The van der Waals surface area contributed by atoms with Crippen molar-refractivity contribution in [3.8, 4) is 17.2 Å². The third kappa shape index (κ3) is 4.21. The van der Waals surface area contributed by atoms with Gasteiger partial charge in [0.2, 0.25) is 5.89 Å². The summed E-state index contributed by atoms with van der Waals surface area (Å²) in [5.41, 5.74) is 6.92. The van der Waals surface area contributed by atoms with Gasteiger partial charge in [-0.2, -0.15) is 0 Å². The maximum absolute atomic E-state index is 12.1. The molecule has 2 heterocycles. The molecule has 168 valence electrons. The van der Waals surface area contributed by atoms with Crippen LogP contribution >= 0.6 is 0 Å². The summed E-state index contributed by atoms with van der Waals surface area (Å²) in [6, 6.07) is 15.1. The molecule has 5 rings (SSSR count). The first-order valence-corrected chi connectivity index (χ1v) is 11.4. The number of ether oxygens (including phenoxy) is 2. The Hall–Kier alpha value is -3.67. The highest BCUT2D eigenvalue weighted by molar-refractivity contribution is 5.96. The van der Waals surface area contributed by atoms with Gasteiger partial charge in [0.25, 0.3) is 0 Å². The largest absolute Gasteiger partial charge is 0.488 e. The van der Waals surface area contributed by atoms with Gasteiger partial charge in [0, 0.05) is 23.0 Å². The topological polar surface area (TPSA) is 74.5 Å². The third-order valence-electron chi connectivity index (χ3n) is 6.08. The third-order valence-corrected chi connectivity index (χ3v) is 6.08. The SMILES string of the molecule is CCc1cc(OCc2ccc3oc(-c4ccccc4C(=O)OC)nc3c2)c2c(n1)CCCC2. The average Bonchev–Trinajstić information content (AvgIpc) is 3.30. The fourth-order valence-corrected chi connectivity index (χ4v) is 4.33. The van der Waals surface area contributed by atoms with Crippen molar-refractivity contribution in [2.75, 3.05) is 7.11 Å². The van der Waals surface area contributed by atoms with Crippen LogP contribution in [0, 0.1) is 0 Å². The first-order valence-electron chi connectivity index (χ1n) is 11.4. The van der Waals surface area contributed by atoms with Crippen molar-refractivity contribution in [3.63, 3.8) is 0 Å². The van der Waals surface area contributed by atoms with E-state index in [0.717, 1.165) is 41.8 Å². The molecule has 0 radical (unpaired) electrons. The van der Waals surface area contributed by atoms with Crippen LogP contribution < -0.4 is 4.74 Å². The molecule has 4 aromatic rings. The summed E-state index contributed by atoms with van der Waals surface area (Å²) in [4.78, 5) is 21.6. The van der Waals surface area contributed by atoms with Gasteiger partial charge in [-0.3, -0.25) is 4.98 Å². The Kier molecular flexibility index (Phi) is 5.82. The average molecular weight is 443 g/mol. The number of esters is 1. The molecule has 0 fully saturated rings. The highest BCUT2D eigenvalue weighted by Gasteiger charge is 2.19. The normalized spacial score (nSPS) is 13.0. The van der Waals surface area contributed by atoms with E-state index in [-0.39, 0.29) is 0 Å². The number of hydrogen-bond donors (Lipinski definition) is 0. The zero-order valence-corrected chi connectivity index (χ0v) is 18.9. The van der Waals surface area contributed by atoms with Crippen LogP contribution in [0.15, 0.2) is 52.9 Å². The van der Waals surface area contributed by atoms with E-state index in [1.54, 1.807) is 18.2 Å². The van der Waals surface area contributed by atoms with Gasteiger partial charge in [-0.25, -0.2) is 9.78 Å². The van der Waals surface area contributed by atoms with E-state index in [1.165, 1.54) is 31.2 Å². The summed E-state index contributed by atoms with van der Waals surface area (Å²) in [5, 5.41) is 0. The van der Waals surface area contributed by atoms with Crippen LogP contribution in [0.1, 0.15) is 52.6 Å². The van der Waals surface area contributed by atoms with Crippen molar-refractivity contribution in [1.29, 1.82) is 0 Å². The summed E-state index contributed by atoms with van der Waals surface area (Å²) in [6.45, 7) is 2.56. The standard InChI is InChI=1S/C27H26N2O4/c1-3-18-15-25(21-10-6-7-11-22(21)28-18)32-16-17-12-13-24-23(14-17)29-26(33-24)19-8-4-5-9-20(19)27(30)31-2/h4-5,8-9,12-15H,3,6-7,10-11,16H2,1-2H3. The Morgan fingerprint density at radius 3 is 2.76 bits per heavy atom. The molecule has 0 bridgehead atoms. The van der Waals surface area contributed by atoms with E-state index in [0.29, 0.717) is 29.2 Å². The number of methoxy groups -OCH3 is 1.